The van der Waals surface area contributed by atoms with Crippen molar-refractivity contribution in [3.05, 3.63) is 83.3 Å². The molecule has 1 N–H and O–H groups in total. The van der Waals surface area contributed by atoms with Crippen molar-refractivity contribution in [2.24, 2.45) is 0 Å². The molecule has 0 aliphatic carbocycles. The lowest BCUT2D eigenvalue weighted by Gasteiger charge is -2.13. The van der Waals surface area contributed by atoms with E-state index in [0.29, 0.717) is 26.0 Å². The summed E-state index contributed by atoms with van der Waals surface area (Å²) in [6, 6.07) is 20.1. The van der Waals surface area contributed by atoms with Crippen LogP contribution in [0, 0.1) is 20.8 Å². The number of aryl methyl sites for hydroxylation is 3. The molecule has 0 aliphatic heterocycles. The topological polar surface area (TPSA) is 68.5 Å². The number of nitrogens with one attached hydrogen (secondary N) is 1. The number of rotatable bonds is 8. The van der Waals surface area contributed by atoms with Crippen molar-refractivity contribution in [3.63, 3.8) is 0 Å². The van der Waals surface area contributed by atoms with Gasteiger partial charge in [0, 0.05) is 29.4 Å². The molecule has 4 rings (SSSR count). The van der Waals surface area contributed by atoms with Gasteiger partial charge in [-0.05, 0) is 44.4 Å². The Bertz CT molecular complexity index is 1230. The SMILES string of the molecule is Cc1cc2nc(C)c(CCC(=O)NCCOc3ccccc3-c3ccccc3)c(C)n2n1. The summed E-state index contributed by atoms with van der Waals surface area (Å²) in [5.41, 5.74) is 6.99. The molecule has 1 amide bonds. The summed E-state index contributed by atoms with van der Waals surface area (Å²) in [6.07, 6.45) is 1.03. The minimum Gasteiger partial charge on any atom is -0.491 e. The highest BCUT2D eigenvalue weighted by Gasteiger charge is 2.13. The summed E-state index contributed by atoms with van der Waals surface area (Å²) in [4.78, 5) is 17.0. The Labute approximate surface area is 188 Å². The van der Waals surface area contributed by atoms with Crippen molar-refractivity contribution in [3.8, 4) is 16.9 Å². The van der Waals surface area contributed by atoms with E-state index in [4.69, 9.17) is 4.74 Å². The molecule has 0 aliphatic rings. The quantitative estimate of drug-likeness (QED) is 0.421. The number of hydrogen-bond acceptors (Lipinski definition) is 4. The van der Waals surface area contributed by atoms with Crippen molar-refractivity contribution in [1.29, 1.82) is 0 Å². The molecule has 32 heavy (non-hydrogen) atoms. The monoisotopic (exact) mass is 428 g/mol. The lowest BCUT2D eigenvalue weighted by molar-refractivity contribution is -0.121. The molecule has 4 aromatic rings. The number of hydrogen-bond donors (Lipinski definition) is 1. The number of carbonyl (C=O) groups is 1. The average molecular weight is 429 g/mol. The summed E-state index contributed by atoms with van der Waals surface area (Å²) in [5.74, 6) is 0.813. The van der Waals surface area contributed by atoms with Crippen LogP contribution in [0.1, 0.15) is 29.1 Å². The highest BCUT2D eigenvalue weighted by molar-refractivity contribution is 5.76. The molecule has 0 saturated heterocycles. The van der Waals surface area contributed by atoms with E-state index in [1.165, 1.54) is 0 Å². The van der Waals surface area contributed by atoms with Crippen molar-refractivity contribution in [2.75, 3.05) is 13.2 Å². The van der Waals surface area contributed by atoms with Gasteiger partial charge in [-0.25, -0.2) is 9.50 Å². The third kappa shape index (κ3) is 4.80. The molecule has 2 aromatic carbocycles. The Balaban J connectivity index is 1.29. The molecule has 0 fully saturated rings. The second kappa shape index (κ2) is 9.64. The van der Waals surface area contributed by atoms with Crippen LogP contribution in [0.5, 0.6) is 5.75 Å². The largest absolute Gasteiger partial charge is 0.491 e. The Kier molecular flexibility index (Phi) is 6.50. The Morgan fingerprint density at radius 2 is 1.78 bits per heavy atom. The average Bonchev–Trinajstić information content (AvgIpc) is 3.17. The summed E-state index contributed by atoms with van der Waals surface area (Å²) in [6.45, 7) is 6.83. The van der Waals surface area contributed by atoms with Crippen molar-refractivity contribution >= 4 is 11.6 Å². The zero-order chi connectivity index (χ0) is 22.5. The van der Waals surface area contributed by atoms with E-state index < -0.39 is 0 Å². The summed E-state index contributed by atoms with van der Waals surface area (Å²) >= 11 is 0. The van der Waals surface area contributed by atoms with Gasteiger partial charge in [-0.2, -0.15) is 5.10 Å². The zero-order valence-corrected chi connectivity index (χ0v) is 18.8. The Hall–Kier alpha value is -3.67. The molecule has 0 atom stereocenters. The number of benzene rings is 2. The second-order valence-electron chi connectivity index (χ2n) is 7.88. The van der Waals surface area contributed by atoms with Crippen LogP contribution in [0.4, 0.5) is 0 Å². The summed E-state index contributed by atoms with van der Waals surface area (Å²) in [7, 11) is 0. The maximum atomic E-state index is 12.4. The van der Waals surface area contributed by atoms with Crippen LogP contribution in [0.3, 0.4) is 0 Å². The highest BCUT2D eigenvalue weighted by Crippen LogP contribution is 2.29. The minimum absolute atomic E-state index is 0.000451. The Morgan fingerprint density at radius 1 is 1.03 bits per heavy atom. The van der Waals surface area contributed by atoms with Gasteiger partial charge in [0.25, 0.3) is 0 Å². The molecule has 0 bridgehead atoms. The minimum atomic E-state index is 0.000451. The first-order valence-corrected chi connectivity index (χ1v) is 10.9. The van der Waals surface area contributed by atoms with Gasteiger partial charge < -0.3 is 10.1 Å². The van der Waals surface area contributed by atoms with Crippen LogP contribution in [-0.4, -0.2) is 33.7 Å². The molecular weight excluding hydrogens is 400 g/mol. The number of fused-ring (bicyclic) bond motifs is 1. The molecule has 164 valence electrons. The van der Waals surface area contributed by atoms with Gasteiger partial charge in [0.2, 0.25) is 5.91 Å². The van der Waals surface area contributed by atoms with E-state index in [9.17, 15) is 4.79 Å². The normalized spacial score (nSPS) is 11.0. The number of para-hydroxylation sites is 1. The lowest BCUT2D eigenvalue weighted by Crippen LogP contribution is -2.28. The zero-order valence-electron chi connectivity index (χ0n) is 18.8. The maximum Gasteiger partial charge on any atom is 0.220 e. The van der Waals surface area contributed by atoms with Gasteiger partial charge in [-0.3, -0.25) is 4.79 Å². The molecule has 0 spiro atoms. The van der Waals surface area contributed by atoms with Crippen molar-refractivity contribution < 1.29 is 9.53 Å². The van der Waals surface area contributed by atoms with Gasteiger partial charge in [0.15, 0.2) is 5.65 Å². The van der Waals surface area contributed by atoms with E-state index >= 15 is 0 Å². The first kappa shape index (κ1) is 21.6. The highest BCUT2D eigenvalue weighted by atomic mass is 16.5. The molecule has 0 radical (unpaired) electrons. The lowest BCUT2D eigenvalue weighted by atomic mass is 10.1. The molecule has 0 unspecified atom stereocenters. The fourth-order valence-electron chi connectivity index (χ4n) is 3.93. The molecule has 6 heteroatoms. The van der Waals surface area contributed by atoms with Gasteiger partial charge in [-0.1, -0.05) is 48.5 Å². The van der Waals surface area contributed by atoms with E-state index in [1.807, 2.05) is 73.8 Å². The first-order chi connectivity index (χ1) is 15.5. The predicted octanol–water partition coefficient (Wildman–Crippen LogP) is 4.45. The van der Waals surface area contributed by atoms with Gasteiger partial charge in [0.05, 0.1) is 12.2 Å². The van der Waals surface area contributed by atoms with Crippen LogP contribution < -0.4 is 10.1 Å². The molecular formula is C26H28N4O2. The fourth-order valence-corrected chi connectivity index (χ4v) is 3.93. The van der Waals surface area contributed by atoms with Crippen LogP contribution in [0.25, 0.3) is 16.8 Å². The molecule has 0 saturated carbocycles. The van der Waals surface area contributed by atoms with Crippen LogP contribution in [0.15, 0.2) is 60.7 Å². The third-order valence-corrected chi connectivity index (χ3v) is 5.54. The van der Waals surface area contributed by atoms with E-state index in [0.717, 1.165) is 45.2 Å². The number of nitrogens with zero attached hydrogens (tertiary/aromatic N) is 3. The summed E-state index contributed by atoms with van der Waals surface area (Å²) < 4.78 is 7.81. The third-order valence-electron chi connectivity index (χ3n) is 5.54. The smallest absolute Gasteiger partial charge is 0.220 e. The van der Waals surface area contributed by atoms with E-state index in [-0.39, 0.29) is 5.91 Å². The number of carbonyl (C=O) groups excluding carboxylic acids is 1. The van der Waals surface area contributed by atoms with Crippen molar-refractivity contribution in [1.82, 2.24) is 19.9 Å². The van der Waals surface area contributed by atoms with Crippen molar-refractivity contribution in [2.45, 2.75) is 33.6 Å². The van der Waals surface area contributed by atoms with Crippen LogP contribution in [0.2, 0.25) is 0 Å². The molecule has 2 heterocycles. The van der Waals surface area contributed by atoms with E-state index in [2.05, 4.69) is 27.5 Å². The van der Waals surface area contributed by atoms with Crippen LogP contribution in [-0.2, 0) is 11.2 Å². The summed E-state index contributed by atoms with van der Waals surface area (Å²) in [5, 5.41) is 7.45. The number of ether oxygens (including phenoxy) is 1. The fraction of sp³-hybridized carbons (Fsp3) is 0.269. The maximum absolute atomic E-state index is 12.4. The second-order valence-corrected chi connectivity index (χ2v) is 7.88. The first-order valence-electron chi connectivity index (χ1n) is 10.9. The van der Waals surface area contributed by atoms with E-state index in [1.54, 1.807) is 0 Å². The number of aromatic nitrogens is 3. The van der Waals surface area contributed by atoms with Gasteiger partial charge in [-0.15, -0.1) is 0 Å². The van der Waals surface area contributed by atoms with Crippen LogP contribution >= 0.6 is 0 Å². The number of amides is 1. The standard InChI is InChI=1S/C26H28N4O2/c1-18-17-25-28-19(2)22(20(3)30(25)29-18)13-14-26(31)27-15-16-32-24-12-8-7-11-23(24)21-9-5-4-6-10-21/h4-12,17H,13-16H2,1-3H3,(H,27,31). The van der Waals surface area contributed by atoms with Gasteiger partial charge >= 0.3 is 0 Å². The predicted molar refractivity (Wildman–Crippen MR) is 126 cm³/mol. The van der Waals surface area contributed by atoms with Gasteiger partial charge in [0.1, 0.15) is 12.4 Å². The molecule has 2 aromatic heterocycles. The Morgan fingerprint density at radius 3 is 2.59 bits per heavy atom. The molecule has 6 nitrogen and oxygen atoms in total.